The first-order valence-corrected chi connectivity index (χ1v) is 7.71. The number of nitrogens with zero attached hydrogens (tertiary/aromatic N) is 2. The van der Waals surface area contributed by atoms with E-state index in [1.807, 2.05) is 6.07 Å². The fourth-order valence-corrected chi connectivity index (χ4v) is 4.42. The maximum atomic E-state index is 12.4. The van der Waals surface area contributed by atoms with Crippen LogP contribution < -0.4 is 0 Å². The number of sulfonamides is 1. The molecule has 0 aromatic carbocycles. The van der Waals surface area contributed by atoms with Crippen molar-refractivity contribution in [3.05, 3.63) is 15.8 Å². The summed E-state index contributed by atoms with van der Waals surface area (Å²) in [5.74, 6) is -1.73. The van der Waals surface area contributed by atoms with E-state index in [2.05, 4.69) is 0 Å². The van der Waals surface area contributed by atoms with Crippen LogP contribution in [0.3, 0.4) is 0 Å². The zero-order chi connectivity index (χ0) is 14.8. The maximum Gasteiger partial charge on any atom is 0.347 e. The first kappa shape index (κ1) is 15.6. The molecular formula is C11H14N2O4S2. The van der Waals surface area contributed by atoms with Crippen molar-refractivity contribution in [2.24, 2.45) is 5.92 Å². The highest BCUT2D eigenvalue weighted by Gasteiger charge is 2.30. The van der Waals surface area contributed by atoms with Gasteiger partial charge in [-0.25, -0.2) is 13.2 Å². The predicted octanol–water partition coefficient (Wildman–Crippen LogP) is 1.53. The number of carbonyl (C=O) groups is 1. The first-order chi connectivity index (χ1) is 8.71. The molecule has 1 unspecified atom stereocenters. The normalized spacial score (nSPS) is 13.2. The van der Waals surface area contributed by atoms with Crippen molar-refractivity contribution in [1.82, 2.24) is 4.31 Å². The molecule has 0 aliphatic rings. The highest BCUT2D eigenvalue weighted by Crippen LogP contribution is 2.29. The molecule has 0 saturated heterocycles. The van der Waals surface area contributed by atoms with Gasteiger partial charge in [0.2, 0.25) is 10.0 Å². The summed E-state index contributed by atoms with van der Waals surface area (Å²) in [6.45, 7) is 3.18. The number of carboxylic acid groups (broad SMARTS) is 1. The predicted molar refractivity (Wildman–Crippen MR) is 70.6 cm³/mol. The minimum Gasteiger partial charge on any atom is -0.477 e. The average molecular weight is 302 g/mol. The molecule has 19 heavy (non-hydrogen) atoms. The summed E-state index contributed by atoms with van der Waals surface area (Å²) >= 11 is 0.883. The van der Waals surface area contributed by atoms with E-state index in [-0.39, 0.29) is 16.3 Å². The minimum atomic E-state index is -3.90. The topological polar surface area (TPSA) is 98.5 Å². The second-order valence-corrected chi connectivity index (χ2v) is 7.06. The molecule has 8 heteroatoms. The van der Waals surface area contributed by atoms with Crippen molar-refractivity contribution < 1.29 is 18.3 Å². The number of rotatable bonds is 5. The van der Waals surface area contributed by atoms with E-state index in [0.29, 0.717) is 5.56 Å². The Labute approximate surface area is 115 Å². The number of nitriles is 1. The summed E-state index contributed by atoms with van der Waals surface area (Å²) in [4.78, 5) is 10.7. The van der Waals surface area contributed by atoms with Crippen LogP contribution in [-0.4, -0.2) is 37.4 Å². The molecule has 104 valence electrons. The fraction of sp³-hybridized carbons (Fsp3) is 0.455. The minimum absolute atomic E-state index is 0.0210. The van der Waals surface area contributed by atoms with Crippen molar-refractivity contribution in [3.63, 3.8) is 0 Å². The monoisotopic (exact) mass is 302 g/mol. The van der Waals surface area contributed by atoms with Crippen LogP contribution in [-0.2, 0) is 10.0 Å². The van der Waals surface area contributed by atoms with Crippen LogP contribution >= 0.6 is 11.3 Å². The van der Waals surface area contributed by atoms with E-state index in [1.54, 1.807) is 13.8 Å². The third-order valence-corrected chi connectivity index (χ3v) is 5.76. The Balaban J connectivity index is 3.25. The van der Waals surface area contributed by atoms with Gasteiger partial charge in [-0.05, 0) is 24.8 Å². The van der Waals surface area contributed by atoms with Gasteiger partial charge in [0, 0.05) is 13.6 Å². The summed E-state index contributed by atoms with van der Waals surface area (Å²) in [6, 6.07) is 1.95. The Bertz CT molecular complexity index is 628. The van der Waals surface area contributed by atoms with Crippen LogP contribution in [0.2, 0.25) is 0 Å². The van der Waals surface area contributed by atoms with Gasteiger partial charge in [0.15, 0.2) is 0 Å². The highest BCUT2D eigenvalue weighted by atomic mass is 32.2. The molecule has 0 fully saturated rings. The van der Waals surface area contributed by atoms with E-state index >= 15 is 0 Å². The smallest absolute Gasteiger partial charge is 0.347 e. The number of hydrogen-bond donors (Lipinski definition) is 1. The summed E-state index contributed by atoms with van der Waals surface area (Å²) < 4.78 is 25.7. The van der Waals surface area contributed by atoms with E-state index in [1.165, 1.54) is 12.4 Å². The molecule has 0 radical (unpaired) electrons. The van der Waals surface area contributed by atoms with Gasteiger partial charge in [-0.15, -0.1) is 11.3 Å². The third kappa shape index (κ3) is 3.12. The summed E-state index contributed by atoms with van der Waals surface area (Å²) in [7, 11) is -2.56. The second kappa shape index (κ2) is 5.69. The Morgan fingerprint density at radius 1 is 1.63 bits per heavy atom. The Morgan fingerprint density at radius 3 is 2.68 bits per heavy atom. The molecule has 1 atom stereocenters. The van der Waals surface area contributed by atoms with Crippen LogP contribution in [0.25, 0.3) is 0 Å². The van der Waals surface area contributed by atoms with Crippen LogP contribution in [0.1, 0.15) is 22.2 Å². The standard InChI is InChI=1S/C11H14N2O4S2/c1-7(4-12)5-13(3)19(16,17)10-8(2)6-18-9(10)11(14)15/h6-7H,5H2,1-3H3,(H,14,15). The van der Waals surface area contributed by atoms with Gasteiger partial charge < -0.3 is 5.11 Å². The van der Waals surface area contributed by atoms with Crippen LogP contribution in [0, 0.1) is 24.2 Å². The zero-order valence-electron chi connectivity index (χ0n) is 10.7. The first-order valence-electron chi connectivity index (χ1n) is 5.39. The molecule has 0 saturated carbocycles. The zero-order valence-corrected chi connectivity index (χ0v) is 12.4. The number of aromatic carboxylic acids is 1. The van der Waals surface area contributed by atoms with Crippen molar-refractivity contribution in [2.75, 3.05) is 13.6 Å². The van der Waals surface area contributed by atoms with Crippen molar-refractivity contribution >= 4 is 27.3 Å². The number of thiophene rings is 1. The SMILES string of the molecule is Cc1csc(C(=O)O)c1S(=O)(=O)N(C)CC(C)C#N. The van der Waals surface area contributed by atoms with E-state index in [9.17, 15) is 13.2 Å². The van der Waals surface area contributed by atoms with E-state index < -0.39 is 21.9 Å². The van der Waals surface area contributed by atoms with E-state index in [4.69, 9.17) is 10.4 Å². The largest absolute Gasteiger partial charge is 0.477 e. The van der Waals surface area contributed by atoms with Crippen molar-refractivity contribution in [1.29, 1.82) is 5.26 Å². The molecule has 0 aliphatic carbocycles. The molecule has 0 bridgehead atoms. The third-order valence-electron chi connectivity index (χ3n) is 2.53. The lowest BCUT2D eigenvalue weighted by molar-refractivity contribution is 0.0698. The molecule has 1 N–H and O–H groups in total. The van der Waals surface area contributed by atoms with Crippen LogP contribution in [0.15, 0.2) is 10.3 Å². The number of hydrogen-bond acceptors (Lipinski definition) is 5. The molecule has 1 rings (SSSR count). The maximum absolute atomic E-state index is 12.4. The van der Waals surface area contributed by atoms with Gasteiger partial charge in [0.1, 0.15) is 9.77 Å². The van der Waals surface area contributed by atoms with Gasteiger partial charge in [0.25, 0.3) is 0 Å². The molecule has 0 amide bonds. The van der Waals surface area contributed by atoms with Crippen LogP contribution in [0.4, 0.5) is 0 Å². The Hall–Kier alpha value is -1.43. The molecule has 0 aliphatic heterocycles. The van der Waals surface area contributed by atoms with Gasteiger partial charge in [-0.2, -0.15) is 9.57 Å². The number of aryl methyl sites for hydroxylation is 1. The molecule has 0 spiro atoms. The highest BCUT2D eigenvalue weighted by molar-refractivity contribution is 7.89. The van der Waals surface area contributed by atoms with Gasteiger partial charge in [-0.3, -0.25) is 0 Å². The quantitative estimate of drug-likeness (QED) is 0.889. The van der Waals surface area contributed by atoms with E-state index in [0.717, 1.165) is 15.6 Å². The van der Waals surface area contributed by atoms with Gasteiger partial charge in [0.05, 0.1) is 12.0 Å². The van der Waals surface area contributed by atoms with Crippen molar-refractivity contribution in [3.8, 4) is 6.07 Å². The summed E-state index contributed by atoms with van der Waals surface area (Å²) in [6.07, 6.45) is 0. The lowest BCUT2D eigenvalue weighted by Crippen LogP contribution is -2.31. The van der Waals surface area contributed by atoms with Crippen molar-refractivity contribution in [2.45, 2.75) is 18.7 Å². The molecule has 1 aromatic heterocycles. The van der Waals surface area contributed by atoms with Gasteiger partial charge in [-0.1, -0.05) is 0 Å². The summed E-state index contributed by atoms with van der Waals surface area (Å²) in [5, 5.41) is 19.2. The fourth-order valence-electron chi connectivity index (χ4n) is 1.58. The van der Waals surface area contributed by atoms with Gasteiger partial charge >= 0.3 is 5.97 Å². The molecule has 1 aromatic rings. The molecule has 1 heterocycles. The second-order valence-electron chi connectivity index (χ2n) is 4.20. The Kier molecular flexibility index (Phi) is 4.68. The molecule has 6 nitrogen and oxygen atoms in total. The Morgan fingerprint density at radius 2 is 2.21 bits per heavy atom. The average Bonchev–Trinajstić information content (AvgIpc) is 2.71. The molecular weight excluding hydrogens is 288 g/mol. The summed E-state index contributed by atoms with van der Waals surface area (Å²) in [5.41, 5.74) is 0.402. The lowest BCUT2D eigenvalue weighted by Gasteiger charge is -2.18. The number of carboxylic acids is 1. The van der Waals surface area contributed by atoms with Crippen LogP contribution in [0.5, 0.6) is 0 Å². The lowest BCUT2D eigenvalue weighted by atomic mass is 10.2.